The van der Waals surface area contributed by atoms with E-state index < -0.39 is 5.97 Å². The Morgan fingerprint density at radius 1 is 1.19 bits per heavy atom. The number of carboxylic acids is 1. The zero-order valence-corrected chi connectivity index (χ0v) is 9.95. The average Bonchev–Trinajstić information content (AvgIpc) is 3.10. The third kappa shape index (κ3) is 4.12. The van der Waals surface area contributed by atoms with Crippen molar-refractivity contribution in [3.63, 3.8) is 0 Å². The molecule has 3 heteroatoms. The molecule has 0 aliphatic heterocycles. The highest BCUT2D eigenvalue weighted by Crippen LogP contribution is 2.48. The van der Waals surface area contributed by atoms with E-state index in [0.29, 0.717) is 6.42 Å². The number of carboxylic acid groups (broad SMARTS) is 1. The fourth-order valence-corrected chi connectivity index (χ4v) is 2.56. The number of unbranched alkanes of at least 4 members (excludes halogenated alkanes) is 1. The second-order valence-electron chi connectivity index (χ2n) is 5.39. The second kappa shape index (κ2) is 5.67. The van der Waals surface area contributed by atoms with Gasteiger partial charge in [0.05, 0.1) is 0 Å². The van der Waals surface area contributed by atoms with Crippen LogP contribution in [0.3, 0.4) is 0 Å². The smallest absolute Gasteiger partial charge is 0.303 e. The second-order valence-corrected chi connectivity index (χ2v) is 5.39. The molecule has 0 atom stereocenters. The van der Waals surface area contributed by atoms with Crippen molar-refractivity contribution in [1.29, 1.82) is 0 Å². The van der Waals surface area contributed by atoms with Crippen LogP contribution >= 0.6 is 0 Å². The molecular formula is C13H23NO2. The molecule has 2 saturated carbocycles. The molecule has 92 valence electrons. The van der Waals surface area contributed by atoms with Gasteiger partial charge in [0, 0.05) is 6.42 Å². The summed E-state index contributed by atoms with van der Waals surface area (Å²) in [6.45, 7) is 2.16. The van der Waals surface area contributed by atoms with Crippen molar-refractivity contribution < 1.29 is 9.90 Å². The Morgan fingerprint density at radius 2 is 1.81 bits per heavy atom. The SMILES string of the molecule is O=C(O)CCCCNCC(C1CC1)C1CC1. The summed E-state index contributed by atoms with van der Waals surface area (Å²) in [5.41, 5.74) is 0. The Morgan fingerprint density at radius 3 is 2.31 bits per heavy atom. The van der Waals surface area contributed by atoms with Gasteiger partial charge in [-0.1, -0.05) is 0 Å². The normalized spacial score (nSPS) is 20.3. The fourth-order valence-electron chi connectivity index (χ4n) is 2.56. The predicted molar refractivity (Wildman–Crippen MR) is 63.3 cm³/mol. The maximum absolute atomic E-state index is 10.3. The molecule has 2 aliphatic rings. The van der Waals surface area contributed by atoms with E-state index in [2.05, 4.69) is 5.32 Å². The van der Waals surface area contributed by atoms with Gasteiger partial charge < -0.3 is 10.4 Å². The molecule has 16 heavy (non-hydrogen) atoms. The number of aliphatic carboxylic acids is 1. The van der Waals surface area contributed by atoms with Gasteiger partial charge in [-0.25, -0.2) is 0 Å². The van der Waals surface area contributed by atoms with E-state index in [0.717, 1.165) is 37.1 Å². The van der Waals surface area contributed by atoms with Crippen LogP contribution in [0.1, 0.15) is 44.9 Å². The number of nitrogens with one attached hydrogen (secondary N) is 1. The van der Waals surface area contributed by atoms with Gasteiger partial charge in [0.1, 0.15) is 0 Å². The lowest BCUT2D eigenvalue weighted by molar-refractivity contribution is -0.137. The van der Waals surface area contributed by atoms with E-state index >= 15 is 0 Å². The molecule has 0 aromatic rings. The minimum Gasteiger partial charge on any atom is -0.481 e. The van der Waals surface area contributed by atoms with Gasteiger partial charge >= 0.3 is 5.97 Å². The Bertz CT molecular complexity index is 222. The molecule has 0 unspecified atom stereocenters. The Labute approximate surface area is 97.6 Å². The minimum absolute atomic E-state index is 0.316. The molecule has 0 heterocycles. The van der Waals surface area contributed by atoms with E-state index in [4.69, 9.17) is 5.11 Å². The lowest BCUT2D eigenvalue weighted by atomic mass is 9.98. The summed E-state index contributed by atoms with van der Waals surface area (Å²) in [6.07, 6.45) is 7.90. The maximum Gasteiger partial charge on any atom is 0.303 e. The van der Waals surface area contributed by atoms with Crippen molar-refractivity contribution in [2.24, 2.45) is 17.8 Å². The van der Waals surface area contributed by atoms with Crippen LogP contribution < -0.4 is 5.32 Å². The highest BCUT2D eigenvalue weighted by molar-refractivity contribution is 5.66. The van der Waals surface area contributed by atoms with E-state index in [1.54, 1.807) is 0 Å². The number of carbonyl (C=O) groups is 1. The first-order valence-electron chi connectivity index (χ1n) is 6.70. The molecule has 2 aliphatic carbocycles. The lowest BCUT2D eigenvalue weighted by Gasteiger charge is -2.15. The quantitative estimate of drug-likeness (QED) is 0.592. The van der Waals surface area contributed by atoms with Crippen molar-refractivity contribution in [2.75, 3.05) is 13.1 Å². The summed E-state index contributed by atoms with van der Waals surface area (Å²) in [5.74, 6) is 2.28. The van der Waals surface area contributed by atoms with Crippen molar-refractivity contribution in [3.05, 3.63) is 0 Å². The van der Waals surface area contributed by atoms with Crippen LogP contribution in [0.15, 0.2) is 0 Å². The van der Waals surface area contributed by atoms with Crippen molar-refractivity contribution in [2.45, 2.75) is 44.9 Å². The highest BCUT2D eigenvalue weighted by Gasteiger charge is 2.40. The van der Waals surface area contributed by atoms with Gasteiger partial charge in [-0.05, 0) is 69.4 Å². The third-order valence-corrected chi connectivity index (χ3v) is 3.83. The molecule has 0 aromatic heterocycles. The van der Waals surface area contributed by atoms with Crippen LogP contribution in [0.25, 0.3) is 0 Å². The van der Waals surface area contributed by atoms with Gasteiger partial charge in [-0.3, -0.25) is 4.79 Å². The summed E-state index contributed by atoms with van der Waals surface area (Å²) >= 11 is 0. The summed E-state index contributed by atoms with van der Waals surface area (Å²) in [5, 5.41) is 12.0. The summed E-state index contributed by atoms with van der Waals surface area (Å²) in [7, 11) is 0. The van der Waals surface area contributed by atoms with Crippen LogP contribution in [0.5, 0.6) is 0 Å². The summed E-state index contributed by atoms with van der Waals surface area (Å²) in [4.78, 5) is 10.3. The molecule has 0 amide bonds. The number of hydrogen-bond donors (Lipinski definition) is 2. The van der Waals surface area contributed by atoms with Crippen LogP contribution in [0.2, 0.25) is 0 Å². The predicted octanol–water partition coefficient (Wildman–Crippen LogP) is 2.27. The van der Waals surface area contributed by atoms with Gasteiger partial charge in [0.15, 0.2) is 0 Å². The lowest BCUT2D eigenvalue weighted by Crippen LogP contribution is -2.26. The topological polar surface area (TPSA) is 49.3 Å². The monoisotopic (exact) mass is 225 g/mol. The maximum atomic E-state index is 10.3. The van der Waals surface area contributed by atoms with Crippen molar-refractivity contribution in [1.82, 2.24) is 5.32 Å². The standard InChI is InChI=1S/C13H23NO2/c15-13(16)3-1-2-8-14-9-12(10-4-5-10)11-6-7-11/h10-12,14H,1-9H2,(H,15,16). The summed E-state index contributed by atoms with van der Waals surface area (Å²) < 4.78 is 0. The molecule has 0 spiro atoms. The molecule has 3 nitrogen and oxygen atoms in total. The minimum atomic E-state index is -0.672. The first-order chi connectivity index (χ1) is 7.77. The molecule has 0 radical (unpaired) electrons. The largest absolute Gasteiger partial charge is 0.481 e. The molecule has 2 fully saturated rings. The highest BCUT2D eigenvalue weighted by atomic mass is 16.4. The van der Waals surface area contributed by atoms with E-state index in [-0.39, 0.29) is 0 Å². The average molecular weight is 225 g/mol. The Kier molecular flexibility index (Phi) is 4.22. The van der Waals surface area contributed by atoms with Crippen molar-refractivity contribution >= 4 is 5.97 Å². The number of rotatable bonds is 9. The Hall–Kier alpha value is -0.570. The number of hydrogen-bond acceptors (Lipinski definition) is 2. The zero-order chi connectivity index (χ0) is 11.4. The molecule has 0 aromatic carbocycles. The van der Waals surface area contributed by atoms with Crippen LogP contribution in [0, 0.1) is 17.8 Å². The third-order valence-electron chi connectivity index (χ3n) is 3.83. The first kappa shape index (κ1) is 11.9. The molecule has 0 saturated heterocycles. The van der Waals surface area contributed by atoms with Gasteiger partial charge in [0.2, 0.25) is 0 Å². The fraction of sp³-hybridized carbons (Fsp3) is 0.923. The van der Waals surface area contributed by atoms with Crippen LogP contribution in [-0.4, -0.2) is 24.2 Å². The van der Waals surface area contributed by atoms with Gasteiger partial charge in [-0.15, -0.1) is 0 Å². The van der Waals surface area contributed by atoms with Crippen molar-refractivity contribution in [3.8, 4) is 0 Å². The Balaban J connectivity index is 1.48. The first-order valence-corrected chi connectivity index (χ1v) is 6.70. The molecular weight excluding hydrogens is 202 g/mol. The molecule has 2 rings (SSSR count). The van der Waals surface area contributed by atoms with Crippen LogP contribution in [-0.2, 0) is 4.79 Å². The molecule has 2 N–H and O–H groups in total. The molecule has 0 bridgehead atoms. The van der Waals surface area contributed by atoms with E-state index in [1.807, 2.05) is 0 Å². The van der Waals surface area contributed by atoms with E-state index in [9.17, 15) is 4.79 Å². The van der Waals surface area contributed by atoms with Gasteiger partial charge in [-0.2, -0.15) is 0 Å². The van der Waals surface area contributed by atoms with E-state index in [1.165, 1.54) is 32.2 Å². The zero-order valence-electron chi connectivity index (χ0n) is 9.95. The van der Waals surface area contributed by atoms with Crippen LogP contribution in [0.4, 0.5) is 0 Å². The van der Waals surface area contributed by atoms with Gasteiger partial charge in [0.25, 0.3) is 0 Å². The summed E-state index contributed by atoms with van der Waals surface area (Å²) in [6, 6.07) is 0.